The Morgan fingerprint density at radius 2 is 1.83 bits per heavy atom. The molecule has 0 amide bonds. The van der Waals surface area contributed by atoms with Gasteiger partial charge in [0.05, 0.1) is 6.61 Å². The lowest BCUT2D eigenvalue weighted by Gasteiger charge is -2.11. The standard InChI is InChI=1S/C16H28O2/c1-3-5-6-8-11-14-12-9-7-10-13-15(14)16(17)18-4-2/h3-13H2,1-2H3. The molecule has 0 saturated heterocycles. The van der Waals surface area contributed by atoms with Crippen LogP contribution in [0.25, 0.3) is 0 Å². The minimum atomic E-state index is -0.0510. The first-order valence-electron chi connectivity index (χ1n) is 7.67. The maximum atomic E-state index is 12.0. The lowest BCUT2D eigenvalue weighted by Crippen LogP contribution is -2.10. The predicted molar refractivity (Wildman–Crippen MR) is 75.5 cm³/mol. The van der Waals surface area contributed by atoms with Crippen LogP contribution in [-0.2, 0) is 9.53 Å². The molecule has 0 N–H and O–H groups in total. The third-order valence-corrected chi connectivity index (χ3v) is 3.69. The summed E-state index contributed by atoms with van der Waals surface area (Å²) in [5.41, 5.74) is 2.40. The fraction of sp³-hybridized carbons (Fsp3) is 0.812. The number of hydrogen-bond donors (Lipinski definition) is 0. The molecule has 1 aliphatic rings. The lowest BCUT2D eigenvalue weighted by atomic mass is 9.97. The van der Waals surface area contributed by atoms with Crippen LogP contribution in [0.1, 0.15) is 78.1 Å². The van der Waals surface area contributed by atoms with Crippen molar-refractivity contribution in [1.29, 1.82) is 0 Å². The summed E-state index contributed by atoms with van der Waals surface area (Å²) in [5.74, 6) is -0.0510. The van der Waals surface area contributed by atoms with Crippen LogP contribution < -0.4 is 0 Å². The fourth-order valence-corrected chi connectivity index (χ4v) is 2.65. The van der Waals surface area contributed by atoms with E-state index in [1.54, 1.807) is 0 Å². The molecule has 0 bridgehead atoms. The summed E-state index contributed by atoms with van der Waals surface area (Å²) in [6, 6.07) is 0. The summed E-state index contributed by atoms with van der Waals surface area (Å²) < 4.78 is 5.20. The highest BCUT2D eigenvalue weighted by Crippen LogP contribution is 2.28. The van der Waals surface area contributed by atoms with Gasteiger partial charge in [0.2, 0.25) is 0 Å². The quantitative estimate of drug-likeness (QED) is 0.481. The summed E-state index contributed by atoms with van der Waals surface area (Å²) >= 11 is 0. The summed E-state index contributed by atoms with van der Waals surface area (Å²) in [6.45, 7) is 4.61. The van der Waals surface area contributed by atoms with Gasteiger partial charge in [-0.05, 0) is 45.4 Å². The third-order valence-electron chi connectivity index (χ3n) is 3.69. The highest BCUT2D eigenvalue weighted by molar-refractivity contribution is 5.89. The molecule has 104 valence electrons. The summed E-state index contributed by atoms with van der Waals surface area (Å²) in [4.78, 5) is 12.0. The minimum Gasteiger partial charge on any atom is -0.463 e. The number of unbranched alkanes of at least 4 members (excludes halogenated alkanes) is 3. The van der Waals surface area contributed by atoms with Crippen molar-refractivity contribution in [2.24, 2.45) is 0 Å². The SMILES string of the molecule is CCCCCCC1=C(C(=O)OCC)CCCCC1. The van der Waals surface area contributed by atoms with E-state index >= 15 is 0 Å². The monoisotopic (exact) mass is 252 g/mol. The average molecular weight is 252 g/mol. The van der Waals surface area contributed by atoms with Crippen molar-refractivity contribution in [2.45, 2.75) is 78.1 Å². The van der Waals surface area contributed by atoms with Crippen LogP contribution in [0.5, 0.6) is 0 Å². The molecule has 1 rings (SSSR count). The van der Waals surface area contributed by atoms with Crippen molar-refractivity contribution < 1.29 is 9.53 Å². The van der Waals surface area contributed by atoms with E-state index in [4.69, 9.17) is 4.74 Å². The van der Waals surface area contributed by atoms with E-state index in [1.807, 2.05) is 6.92 Å². The number of rotatable bonds is 7. The molecular formula is C16H28O2. The van der Waals surface area contributed by atoms with E-state index < -0.39 is 0 Å². The van der Waals surface area contributed by atoms with Crippen LogP contribution >= 0.6 is 0 Å². The predicted octanol–water partition coefficient (Wildman–Crippen LogP) is 4.78. The molecule has 0 spiro atoms. The van der Waals surface area contributed by atoms with Gasteiger partial charge in [0.1, 0.15) is 0 Å². The molecule has 2 nitrogen and oxygen atoms in total. The van der Waals surface area contributed by atoms with Gasteiger partial charge in [-0.3, -0.25) is 0 Å². The van der Waals surface area contributed by atoms with E-state index in [1.165, 1.54) is 44.1 Å². The molecule has 1 aliphatic carbocycles. The minimum absolute atomic E-state index is 0.0510. The number of hydrogen-bond acceptors (Lipinski definition) is 2. The molecule has 0 fully saturated rings. The molecule has 0 aromatic heterocycles. The lowest BCUT2D eigenvalue weighted by molar-refractivity contribution is -0.138. The highest BCUT2D eigenvalue weighted by Gasteiger charge is 2.18. The van der Waals surface area contributed by atoms with Crippen molar-refractivity contribution in [3.63, 3.8) is 0 Å². The van der Waals surface area contributed by atoms with Crippen LogP contribution in [0.3, 0.4) is 0 Å². The first-order chi connectivity index (χ1) is 8.79. The van der Waals surface area contributed by atoms with Crippen molar-refractivity contribution in [3.05, 3.63) is 11.1 Å². The maximum Gasteiger partial charge on any atom is 0.333 e. The molecule has 0 radical (unpaired) electrons. The Bertz CT molecular complexity index is 279. The van der Waals surface area contributed by atoms with Crippen molar-refractivity contribution in [1.82, 2.24) is 0 Å². The third kappa shape index (κ3) is 5.24. The van der Waals surface area contributed by atoms with E-state index in [0.717, 1.165) is 31.3 Å². The van der Waals surface area contributed by atoms with Gasteiger partial charge < -0.3 is 4.74 Å². The van der Waals surface area contributed by atoms with Crippen molar-refractivity contribution in [3.8, 4) is 0 Å². The normalized spacial score (nSPS) is 16.6. The number of carbonyl (C=O) groups is 1. The Kier molecular flexibility index (Phi) is 7.79. The van der Waals surface area contributed by atoms with Crippen LogP contribution in [0.15, 0.2) is 11.1 Å². The second kappa shape index (κ2) is 9.18. The van der Waals surface area contributed by atoms with Gasteiger partial charge in [-0.2, -0.15) is 0 Å². The Morgan fingerprint density at radius 3 is 2.56 bits per heavy atom. The molecule has 0 saturated carbocycles. The zero-order valence-corrected chi connectivity index (χ0v) is 12.1. The molecule has 0 heterocycles. The first kappa shape index (κ1) is 15.3. The molecule has 2 heteroatoms. The Morgan fingerprint density at radius 1 is 1.06 bits per heavy atom. The maximum absolute atomic E-state index is 12.0. The fourth-order valence-electron chi connectivity index (χ4n) is 2.65. The second-order valence-corrected chi connectivity index (χ2v) is 5.17. The molecule has 18 heavy (non-hydrogen) atoms. The molecule has 0 unspecified atom stereocenters. The summed E-state index contributed by atoms with van der Waals surface area (Å²) in [6.07, 6.45) is 11.9. The van der Waals surface area contributed by atoms with Crippen molar-refractivity contribution >= 4 is 5.97 Å². The van der Waals surface area contributed by atoms with E-state index in [-0.39, 0.29) is 5.97 Å². The van der Waals surface area contributed by atoms with Gasteiger partial charge in [0.25, 0.3) is 0 Å². The molecule has 0 aromatic rings. The van der Waals surface area contributed by atoms with Gasteiger partial charge in [-0.15, -0.1) is 0 Å². The van der Waals surface area contributed by atoms with Gasteiger partial charge in [0.15, 0.2) is 0 Å². The van der Waals surface area contributed by atoms with Gasteiger partial charge >= 0.3 is 5.97 Å². The second-order valence-electron chi connectivity index (χ2n) is 5.17. The molecule has 0 aliphatic heterocycles. The van der Waals surface area contributed by atoms with Crippen molar-refractivity contribution in [2.75, 3.05) is 6.61 Å². The molecule has 0 aromatic carbocycles. The average Bonchev–Trinajstić information content (AvgIpc) is 2.60. The largest absolute Gasteiger partial charge is 0.463 e. The topological polar surface area (TPSA) is 26.3 Å². The smallest absolute Gasteiger partial charge is 0.333 e. The van der Waals surface area contributed by atoms with Gasteiger partial charge in [-0.1, -0.05) is 38.2 Å². The van der Waals surface area contributed by atoms with Crippen LogP contribution in [-0.4, -0.2) is 12.6 Å². The Balaban J connectivity index is 2.59. The molecular weight excluding hydrogens is 224 g/mol. The number of ether oxygens (including phenoxy) is 1. The van der Waals surface area contributed by atoms with E-state index in [9.17, 15) is 4.79 Å². The molecule has 0 atom stereocenters. The zero-order chi connectivity index (χ0) is 13.2. The first-order valence-corrected chi connectivity index (χ1v) is 7.67. The van der Waals surface area contributed by atoms with E-state index in [2.05, 4.69) is 6.92 Å². The summed E-state index contributed by atoms with van der Waals surface area (Å²) in [5, 5.41) is 0. The number of allylic oxidation sites excluding steroid dienone is 1. The highest BCUT2D eigenvalue weighted by atomic mass is 16.5. The van der Waals surface area contributed by atoms with Crippen LogP contribution in [0.4, 0.5) is 0 Å². The van der Waals surface area contributed by atoms with Gasteiger partial charge in [0, 0.05) is 5.57 Å². The van der Waals surface area contributed by atoms with Crippen LogP contribution in [0, 0.1) is 0 Å². The van der Waals surface area contributed by atoms with Gasteiger partial charge in [-0.25, -0.2) is 4.79 Å². The Labute approximate surface area is 112 Å². The zero-order valence-electron chi connectivity index (χ0n) is 12.1. The van der Waals surface area contributed by atoms with E-state index in [0.29, 0.717) is 6.61 Å². The number of esters is 1. The van der Waals surface area contributed by atoms with Crippen LogP contribution in [0.2, 0.25) is 0 Å². The summed E-state index contributed by atoms with van der Waals surface area (Å²) in [7, 11) is 0. The Hall–Kier alpha value is -0.790. The number of carbonyl (C=O) groups excluding carboxylic acids is 1.